The van der Waals surface area contributed by atoms with Crippen LogP contribution in [0, 0.1) is 0 Å². The van der Waals surface area contributed by atoms with E-state index in [2.05, 4.69) is 0 Å². The number of hydrogen-bond acceptors (Lipinski definition) is 9. The second-order valence-electron chi connectivity index (χ2n) is 8.24. The number of aromatic nitrogens is 1. The Labute approximate surface area is 213 Å². The summed E-state index contributed by atoms with van der Waals surface area (Å²) < 4.78 is 35.5. The van der Waals surface area contributed by atoms with Crippen molar-refractivity contribution in [2.75, 3.05) is 47.7 Å². The van der Waals surface area contributed by atoms with Gasteiger partial charge in [-0.2, -0.15) is 5.10 Å². The van der Waals surface area contributed by atoms with Crippen molar-refractivity contribution in [3.8, 4) is 40.0 Å². The molecule has 36 heavy (non-hydrogen) atoms. The molecule has 0 saturated carbocycles. The predicted octanol–water partition coefficient (Wildman–Crippen LogP) is 3.98. The highest BCUT2D eigenvalue weighted by Crippen LogP contribution is 2.36. The summed E-state index contributed by atoms with van der Waals surface area (Å²) in [5, 5.41) is 6.87. The Kier molecular flexibility index (Phi) is 7.43. The van der Waals surface area contributed by atoms with Crippen LogP contribution in [-0.2, 0) is 4.74 Å². The maximum atomic E-state index is 5.80. The van der Waals surface area contributed by atoms with Crippen LogP contribution in [0.4, 0.5) is 0 Å². The van der Waals surface area contributed by atoms with Gasteiger partial charge in [0.2, 0.25) is 4.80 Å². The van der Waals surface area contributed by atoms with Crippen LogP contribution in [-0.4, -0.2) is 64.7 Å². The molecule has 10 heteroatoms. The van der Waals surface area contributed by atoms with Crippen LogP contribution >= 0.6 is 11.3 Å². The molecule has 3 heterocycles. The van der Waals surface area contributed by atoms with Crippen LogP contribution in [0.1, 0.15) is 18.4 Å². The molecule has 0 radical (unpaired) electrons. The maximum absolute atomic E-state index is 5.80. The summed E-state index contributed by atoms with van der Waals surface area (Å²) in [7, 11) is 4.80. The topological polar surface area (TPSA) is 85.0 Å². The zero-order valence-electron chi connectivity index (χ0n) is 20.6. The first-order chi connectivity index (χ1) is 17.7. The van der Waals surface area contributed by atoms with Crippen molar-refractivity contribution < 1.29 is 28.4 Å². The summed E-state index contributed by atoms with van der Waals surface area (Å²) in [6, 6.07) is 9.52. The molecular weight excluding hydrogens is 482 g/mol. The average Bonchev–Trinajstić information content (AvgIpc) is 3.59. The number of fused-ring (bicyclic) bond motifs is 1. The number of methoxy groups -OCH3 is 3. The van der Waals surface area contributed by atoms with E-state index >= 15 is 0 Å². The number of hydrogen-bond donors (Lipinski definition) is 0. The van der Waals surface area contributed by atoms with Crippen molar-refractivity contribution >= 4 is 17.6 Å². The SMILES string of the molecule is COc1cc(OC)c(OC)cc1/C=N/n1c(-c2ccc3c(c2)OCCO3)csc1=NCC1CCCO1. The highest BCUT2D eigenvalue weighted by molar-refractivity contribution is 7.07. The van der Waals surface area contributed by atoms with Gasteiger partial charge in [0.25, 0.3) is 0 Å². The molecule has 0 spiro atoms. The fourth-order valence-corrected chi connectivity index (χ4v) is 5.01. The normalized spacial score (nSPS) is 17.5. The van der Waals surface area contributed by atoms with Gasteiger partial charge in [-0.05, 0) is 37.1 Å². The molecule has 3 aromatic rings. The van der Waals surface area contributed by atoms with Crippen molar-refractivity contribution in [3.63, 3.8) is 0 Å². The first kappa shape index (κ1) is 24.2. The maximum Gasteiger partial charge on any atom is 0.206 e. The lowest BCUT2D eigenvalue weighted by atomic mass is 10.1. The van der Waals surface area contributed by atoms with E-state index < -0.39 is 0 Å². The summed E-state index contributed by atoms with van der Waals surface area (Å²) in [6.07, 6.45) is 3.98. The van der Waals surface area contributed by atoms with Crippen molar-refractivity contribution in [1.82, 2.24) is 4.68 Å². The largest absolute Gasteiger partial charge is 0.496 e. The smallest absolute Gasteiger partial charge is 0.206 e. The average molecular weight is 512 g/mol. The van der Waals surface area contributed by atoms with Gasteiger partial charge in [-0.1, -0.05) is 0 Å². The molecule has 0 amide bonds. The molecule has 2 aliphatic rings. The second kappa shape index (κ2) is 11.0. The molecule has 1 saturated heterocycles. The summed E-state index contributed by atoms with van der Waals surface area (Å²) in [6.45, 7) is 2.47. The fraction of sp³-hybridized carbons (Fsp3) is 0.385. The van der Waals surface area contributed by atoms with E-state index in [1.807, 2.05) is 34.3 Å². The highest BCUT2D eigenvalue weighted by Gasteiger charge is 2.17. The Morgan fingerprint density at radius 1 is 0.972 bits per heavy atom. The lowest BCUT2D eigenvalue weighted by Crippen LogP contribution is -2.17. The Hall–Kier alpha value is -3.50. The van der Waals surface area contributed by atoms with E-state index in [1.165, 1.54) is 11.3 Å². The molecule has 2 aromatic carbocycles. The van der Waals surface area contributed by atoms with Crippen LogP contribution in [0.25, 0.3) is 11.3 Å². The summed E-state index contributed by atoms with van der Waals surface area (Å²) in [4.78, 5) is 5.62. The molecule has 1 unspecified atom stereocenters. The molecule has 1 aromatic heterocycles. The molecule has 0 aliphatic carbocycles. The van der Waals surface area contributed by atoms with Gasteiger partial charge in [-0.25, -0.2) is 4.68 Å². The molecular formula is C26H29N3O6S. The van der Waals surface area contributed by atoms with Crippen molar-refractivity contribution in [2.24, 2.45) is 10.1 Å². The molecule has 190 valence electrons. The molecule has 9 nitrogen and oxygen atoms in total. The van der Waals surface area contributed by atoms with Crippen LogP contribution in [0.2, 0.25) is 0 Å². The Bertz CT molecular complexity index is 1310. The summed E-state index contributed by atoms with van der Waals surface area (Å²) >= 11 is 1.53. The molecule has 2 aliphatic heterocycles. The standard InChI is InChI=1S/C26H29N3O6S/c1-30-22-13-24(32-3)23(31-2)12-18(22)14-28-29-20(16-36-26(29)27-15-19-5-4-8-33-19)17-6-7-21-25(11-17)35-10-9-34-21/h6-7,11-14,16,19H,4-5,8-10,15H2,1-3H3/b27-26?,28-14+. The van der Waals surface area contributed by atoms with Gasteiger partial charge >= 0.3 is 0 Å². The number of benzene rings is 2. The summed E-state index contributed by atoms with van der Waals surface area (Å²) in [5.74, 6) is 3.25. The summed E-state index contributed by atoms with van der Waals surface area (Å²) in [5.41, 5.74) is 2.58. The minimum Gasteiger partial charge on any atom is -0.496 e. The number of nitrogens with zero attached hydrogens (tertiary/aromatic N) is 3. The van der Waals surface area contributed by atoms with Gasteiger partial charge in [-0.3, -0.25) is 4.99 Å². The van der Waals surface area contributed by atoms with Gasteiger partial charge in [0.1, 0.15) is 19.0 Å². The monoisotopic (exact) mass is 511 g/mol. The number of rotatable bonds is 8. The second-order valence-corrected chi connectivity index (χ2v) is 9.08. The third-order valence-corrected chi connectivity index (χ3v) is 6.88. The zero-order valence-corrected chi connectivity index (χ0v) is 21.4. The minimum absolute atomic E-state index is 0.146. The Balaban J connectivity index is 1.56. The number of thiazole rings is 1. The zero-order chi connectivity index (χ0) is 24.9. The lowest BCUT2D eigenvalue weighted by Gasteiger charge is -2.18. The van der Waals surface area contributed by atoms with Crippen LogP contribution < -0.4 is 28.5 Å². The van der Waals surface area contributed by atoms with Crippen molar-refractivity contribution in [2.45, 2.75) is 18.9 Å². The minimum atomic E-state index is 0.146. The lowest BCUT2D eigenvalue weighted by molar-refractivity contribution is 0.117. The van der Waals surface area contributed by atoms with E-state index in [0.717, 1.165) is 52.6 Å². The Morgan fingerprint density at radius 3 is 2.50 bits per heavy atom. The van der Waals surface area contributed by atoms with Gasteiger partial charge in [0.05, 0.1) is 45.9 Å². The first-order valence-electron chi connectivity index (χ1n) is 11.8. The van der Waals surface area contributed by atoms with E-state index in [9.17, 15) is 0 Å². The van der Waals surface area contributed by atoms with Gasteiger partial charge in [0, 0.05) is 29.2 Å². The van der Waals surface area contributed by atoms with Gasteiger partial charge in [-0.15, -0.1) is 11.3 Å². The van der Waals surface area contributed by atoms with E-state index in [-0.39, 0.29) is 6.10 Å². The van der Waals surface area contributed by atoms with E-state index in [1.54, 1.807) is 33.6 Å². The van der Waals surface area contributed by atoms with Crippen molar-refractivity contribution in [3.05, 3.63) is 46.1 Å². The van der Waals surface area contributed by atoms with Gasteiger partial charge in [0.15, 0.2) is 23.0 Å². The third-order valence-electron chi connectivity index (χ3n) is 6.03. The van der Waals surface area contributed by atoms with E-state index in [0.29, 0.717) is 37.0 Å². The van der Waals surface area contributed by atoms with Crippen LogP contribution in [0.3, 0.4) is 0 Å². The Morgan fingerprint density at radius 2 is 1.75 bits per heavy atom. The quantitative estimate of drug-likeness (QED) is 0.426. The van der Waals surface area contributed by atoms with Gasteiger partial charge < -0.3 is 28.4 Å². The third kappa shape index (κ3) is 5.05. The van der Waals surface area contributed by atoms with Crippen molar-refractivity contribution in [1.29, 1.82) is 0 Å². The number of ether oxygens (including phenoxy) is 6. The van der Waals surface area contributed by atoms with Crippen LogP contribution in [0.15, 0.2) is 45.8 Å². The molecule has 0 bridgehead atoms. The van der Waals surface area contributed by atoms with Crippen LogP contribution in [0.5, 0.6) is 28.7 Å². The fourth-order valence-electron chi connectivity index (χ4n) is 4.16. The predicted molar refractivity (Wildman–Crippen MR) is 137 cm³/mol. The van der Waals surface area contributed by atoms with E-state index in [4.69, 9.17) is 38.5 Å². The molecule has 5 rings (SSSR count). The molecule has 1 fully saturated rings. The first-order valence-corrected chi connectivity index (χ1v) is 12.6. The molecule has 0 N–H and O–H groups in total. The molecule has 1 atom stereocenters. The highest BCUT2D eigenvalue weighted by atomic mass is 32.1.